The highest BCUT2D eigenvalue weighted by atomic mass is 16.4. The summed E-state index contributed by atoms with van der Waals surface area (Å²) >= 11 is 0. The van der Waals surface area contributed by atoms with Gasteiger partial charge in [0.2, 0.25) is 0 Å². The fourth-order valence-corrected chi connectivity index (χ4v) is 6.22. The van der Waals surface area contributed by atoms with Crippen molar-refractivity contribution in [2.24, 2.45) is 0 Å². The van der Waals surface area contributed by atoms with Gasteiger partial charge < -0.3 is 10.0 Å². The molecule has 0 atom stereocenters. The van der Waals surface area contributed by atoms with Crippen molar-refractivity contribution >= 4 is 62.8 Å². The lowest BCUT2D eigenvalue weighted by Gasteiger charge is -2.25. The number of carboxylic acids is 1. The molecule has 0 radical (unpaired) electrons. The van der Waals surface area contributed by atoms with E-state index < -0.39 is 5.97 Å². The molecule has 0 amide bonds. The van der Waals surface area contributed by atoms with Gasteiger partial charge in [-0.25, -0.2) is 4.79 Å². The molecule has 0 heterocycles. The van der Waals surface area contributed by atoms with Crippen LogP contribution in [0.25, 0.3) is 50.9 Å². The molecule has 0 saturated heterocycles. The van der Waals surface area contributed by atoms with Crippen LogP contribution in [-0.2, 0) is 4.79 Å². The quantitative estimate of drug-likeness (QED) is 0.0796. The van der Waals surface area contributed by atoms with Crippen molar-refractivity contribution in [1.82, 2.24) is 0 Å². The third-order valence-electron chi connectivity index (χ3n) is 8.46. The molecule has 48 heavy (non-hydrogen) atoms. The molecule has 7 rings (SSSR count). The summed E-state index contributed by atoms with van der Waals surface area (Å²) in [6.45, 7) is 0. The number of nitriles is 1. The number of nitrogens with zero attached hydrogens (tertiary/aromatic N) is 2. The van der Waals surface area contributed by atoms with Gasteiger partial charge >= 0.3 is 5.97 Å². The fraction of sp³-hybridized carbons (Fsp3) is 0. The first-order valence-corrected chi connectivity index (χ1v) is 15.7. The molecular weight excluding hydrogens is 588 g/mol. The molecule has 0 aromatic heterocycles. The third kappa shape index (κ3) is 5.97. The molecule has 4 nitrogen and oxygen atoms in total. The number of para-hydroxylation sites is 2. The summed E-state index contributed by atoms with van der Waals surface area (Å²) < 4.78 is 0. The Morgan fingerprint density at radius 3 is 1.50 bits per heavy atom. The topological polar surface area (TPSA) is 64.3 Å². The number of benzene rings is 7. The van der Waals surface area contributed by atoms with Crippen LogP contribution < -0.4 is 4.90 Å². The van der Waals surface area contributed by atoms with Gasteiger partial charge in [-0.15, -0.1) is 0 Å². The predicted molar refractivity (Wildman–Crippen MR) is 198 cm³/mol. The highest BCUT2D eigenvalue weighted by Gasteiger charge is 2.16. The van der Waals surface area contributed by atoms with Gasteiger partial charge in [-0.3, -0.25) is 0 Å². The SMILES string of the molecule is N#C/C(=C/c1ccc(/C=C/c2c3ccccc3c(-c3ccc(N(c4ccccc4)c4ccccc4)cc3)c3ccccc23)cc1)C(=O)O. The second-order valence-corrected chi connectivity index (χ2v) is 11.4. The summed E-state index contributed by atoms with van der Waals surface area (Å²) in [7, 11) is 0. The standard InChI is InChI=1S/C44H30N2O2/c45-30-34(44(47)48)29-32-21-19-31(20-22-32)23-28-40-38-15-7-9-17-41(38)43(42-18-10-8-16-39(40)42)33-24-26-37(27-25-33)46(35-11-3-1-4-12-35)36-13-5-2-6-14-36/h1-29H,(H,47,48)/b28-23+,34-29-. The number of anilines is 3. The molecule has 0 fully saturated rings. The minimum atomic E-state index is -1.24. The first kappa shape index (κ1) is 30.0. The molecule has 0 aliphatic carbocycles. The van der Waals surface area contributed by atoms with E-state index in [0.29, 0.717) is 5.56 Å². The Morgan fingerprint density at radius 1 is 0.542 bits per heavy atom. The molecule has 0 bridgehead atoms. The molecule has 0 spiro atoms. The van der Waals surface area contributed by atoms with Crippen LogP contribution in [-0.4, -0.2) is 11.1 Å². The Labute approximate surface area is 279 Å². The van der Waals surface area contributed by atoms with Crippen LogP contribution in [0, 0.1) is 11.3 Å². The number of fused-ring (bicyclic) bond motifs is 2. The van der Waals surface area contributed by atoms with Gasteiger partial charge in [0.25, 0.3) is 0 Å². The Hall–Kier alpha value is -6.70. The summed E-state index contributed by atoms with van der Waals surface area (Å²) in [5, 5.41) is 22.9. The fourth-order valence-electron chi connectivity index (χ4n) is 6.22. The second-order valence-electron chi connectivity index (χ2n) is 11.4. The van der Waals surface area contributed by atoms with Crippen LogP contribution in [0.15, 0.2) is 163 Å². The van der Waals surface area contributed by atoms with E-state index in [2.05, 4.69) is 138 Å². The van der Waals surface area contributed by atoms with Gasteiger partial charge in [0, 0.05) is 17.1 Å². The number of carbonyl (C=O) groups is 1. The first-order chi connectivity index (χ1) is 23.6. The van der Waals surface area contributed by atoms with Crippen molar-refractivity contribution in [2.45, 2.75) is 0 Å². The largest absolute Gasteiger partial charge is 0.477 e. The highest BCUT2D eigenvalue weighted by Crippen LogP contribution is 2.41. The van der Waals surface area contributed by atoms with Gasteiger partial charge in [-0.05, 0) is 91.8 Å². The third-order valence-corrected chi connectivity index (χ3v) is 8.46. The van der Waals surface area contributed by atoms with Gasteiger partial charge in [-0.2, -0.15) is 5.26 Å². The highest BCUT2D eigenvalue weighted by molar-refractivity contribution is 6.18. The lowest BCUT2D eigenvalue weighted by Crippen LogP contribution is -2.09. The number of hydrogen-bond donors (Lipinski definition) is 1. The summed E-state index contributed by atoms with van der Waals surface area (Å²) in [6, 6.07) is 56.0. The van der Waals surface area contributed by atoms with Crippen molar-refractivity contribution in [2.75, 3.05) is 4.90 Å². The Morgan fingerprint density at radius 2 is 1.00 bits per heavy atom. The van der Waals surface area contributed by atoms with E-state index >= 15 is 0 Å². The average molecular weight is 619 g/mol. The van der Waals surface area contributed by atoms with Crippen LogP contribution in [0.2, 0.25) is 0 Å². The molecule has 1 N–H and O–H groups in total. The van der Waals surface area contributed by atoms with E-state index in [1.165, 1.54) is 22.4 Å². The van der Waals surface area contributed by atoms with Crippen molar-refractivity contribution in [3.63, 3.8) is 0 Å². The summed E-state index contributed by atoms with van der Waals surface area (Å²) in [5.41, 5.74) is 8.07. The summed E-state index contributed by atoms with van der Waals surface area (Å²) in [5.74, 6) is -1.24. The zero-order chi connectivity index (χ0) is 32.9. The van der Waals surface area contributed by atoms with Gasteiger partial charge in [0.15, 0.2) is 0 Å². The number of hydrogen-bond acceptors (Lipinski definition) is 3. The zero-order valence-electron chi connectivity index (χ0n) is 26.0. The van der Waals surface area contributed by atoms with Crippen molar-refractivity contribution < 1.29 is 9.90 Å². The molecule has 0 aliphatic rings. The monoisotopic (exact) mass is 618 g/mol. The maximum Gasteiger partial charge on any atom is 0.346 e. The zero-order valence-corrected chi connectivity index (χ0v) is 26.0. The van der Waals surface area contributed by atoms with E-state index in [4.69, 9.17) is 5.26 Å². The van der Waals surface area contributed by atoms with Gasteiger partial charge in [-0.1, -0.05) is 133 Å². The molecule has 0 saturated carbocycles. The maximum absolute atomic E-state index is 11.2. The number of aliphatic carboxylic acids is 1. The van der Waals surface area contributed by atoms with Crippen LogP contribution in [0.4, 0.5) is 17.1 Å². The number of rotatable bonds is 8. The van der Waals surface area contributed by atoms with E-state index in [-0.39, 0.29) is 5.57 Å². The van der Waals surface area contributed by atoms with Crippen molar-refractivity contribution in [3.05, 3.63) is 180 Å². The molecule has 0 unspecified atom stereocenters. The summed E-state index contributed by atoms with van der Waals surface area (Å²) in [4.78, 5) is 13.5. The maximum atomic E-state index is 11.2. The molecule has 4 heteroatoms. The van der Waals surface area contributed by atoms with E-state index in [1.807, 2.05) is 36.4 Å². The van der Waals surface area contributed by atoms with Crippen LogP contribution in [0.5, 0.6) is 0 Å². The normalized spacial score (nSPS) is 11.5. The van der Waals surface area contributed by atoms with E-state index in [1.54, 1.807) is 6.07 Å². The predicted octanol–water partition coefficient (Wildman–Crippen LogP) is 11.3. The molecule has 228 valence electrons. The van der Waals surface area contributed by atoms with Crippen LogP contribution in [0.1, 0.15) is 16.7 Å². The Balaban J connectivity index is 1.30. The van der Waals surface area contributed by atoms with Gasteiger partial charge in [0.05, 0.1) is 0 Å². The van der Waals surface area contributed by atoms with E-state index in [0.717, 1.165) is 44.5 Å². The second kappa shape index (κ2) is 13.3. The van der Waals surface area contributed by atoms with Crippen molar-refractivity contribution in [3.8, 4) is 17.2 Å². The Kier molecular flexibility index (Phi) is 8.33. The van der Waals surface area contributed by atoms with Gasteiger partial charge in [0.1, 0.15) is 11.6 Å². The molecule has 0 aliphatic heterocycles. The Bertz CT molecular complexity index is 2250. The number of carboxylic acid groups (broad SMARTS) is 1. The van der Waals surface area contributed by atoms with Crippen molar-refractivity contribution in [1.29, 1.82) is 5.26 Å². The van der Waals surface area contributed by atoms with Crippen LogP contribution >= 0.6 is 0 Å². The minimum absolute atomic E-state index is 0.296. The molecule has 7 aromatic rings. The van der Waals surface area contributed by atoms with Crippen LogP contribution in [0.3, 0.4) is 0 Å². The lowest BCUT2D eigenvalue weighted by molar-refractivity contribution is -0.132. The average Bonchev–Trinajstić information content (AvgIpc) is 3.14. The molecule has 7 aromatic carbocycles. The minimum Gasteiger partial charge on any atom is -0.477 e. The first-order valence-electron chi connectivity index (χ1n) is 15.7. The smallest absolute Gasteiger partial charge is 0.346 e. The molecular formula is C44H30N2O2. The van der Waals surface area contributed by atoms with E-state index in [9.17, 15) is 9.90 Å². The lowest BCUT2D eigenvalue weighted by atomic mass is 9.88. The summed E-state index contributed by atoms with van der Waals surface area (Å²) in [6.07, 6.45) is 5.60.